The zero-order valence-electron chi connectivity index (χ0n) is 17.3. The fraction of sp³-hybridized carbons (Fsp3) is 0.333. The van der Waals surface area contributed by atoms with Crippen molar-refractivity contribution in [3.05, 3.63) is 69.4 Å². The van der Waals surface area contributed by atoms with E-state index in [2.05, 4.69) is 74.3 Å². The molecule has 0 bridgehead atoms. The Morgan fingerprint density at radius 2 is 1.86 bits per heavy atom. The minimum Gasteiger partial charge on any atom is -0.342 e. The first kappa shape index (κ1) is 20.1. The van der Waals surface area contributed by atoms with Crippen LogP contribution in [0.25, 0.3) is 10.9 Å². The van der Waals surface area contributed by atoms with Crippen LogP contribution in [0.1, 0.15) is 40.7 Å². The molecule has 0 radical (unpaired) electrons. The lowest BCUT2D eigenvalue weighted by Crippen LogP contribution is -2.36. The van der Waals surface area contributed by atoms with E-state index in [-0.39, 0.29) is 0 Å². The Morgan fingerprint density at radius 1 is 1.10 bits per heavy atom. The van der Waals surface area contributed by atoms with E-state index in [9.17, 15) is 0 Å². The number of hydrogen-bond donors (Lipinski definition) is 1. The predicted molar refractivity (Wildman–Crippen MR) is 127 cm³/mol. The van der Waals surface area contributed by atoms with Gasteiger partial charge in [-0.25, -0.2) is 4.98 Å². The summed E-state index contributed by atoms with van der Waals surface area (Å²) < 4.78 is 0. The maximum absolute atomic E-state index is 6.60. The van der Waals surface area contributed by atoms with Crippen LogP contribution >= 0.6 is 23.8 Å². The van der Waals surface area contributed by atoms with E-state index in [0.717, 1.165) is 40.1 Å². The molecule has 0 spiro atoms. The minimum absolute atomic E-state index is 0.465. The lowest BCUT2D eigenvalue weighted by Gasteiger charge is -2.27. The van der Waals surface area contributed by atoms with Gasteiger partial charge in [-0.05, 0) is 81.6 Å². The van der Waals surface area contributed by atoms with Crippen LogP contribution in [0.4, 0.5) is 5.69 Å². The van der Waals surface area contributed by atoms with Gasteiger partial charge >= 0.3 is 0 Å². The number of nitrogens with zero attached hydrogens (tertiary/aromatic N) is 2. The van der Waals surface area contributed by atoms with Gasteiger partial charge in [-0.3, -0.25) is 0 Å². The zero-order chi connectivity index (χ0) is 20.7. The number of rotatable bonds is 4. The molecule has 29 heavy (non-hydrogen) atoms. The van der Waals surface area contributed by atoms with E-state index in [1.165, 1.54) is 22.3 Å². The van der Waals surface area contributed by atoms with Gasteiger partial charge in [-0.1, -0.05) is 41.4 Å². The SMILES string of the molecule is Cc1ccc(NC(=S)N(Cc2cc3ccc(C)c(C)c3nc2Cl)C2CC2)c(C)c1. The first-order valence-corrected chi connectivity index (χ1v) is 10.8. The van der Waals surface area contributed by atoms with Crippen LogP contribution in [-0.4, -0.2) is 21.0 Å². The first-order chi connectivity index (χ1) is 13.8. The monoisotopic (exact) mass is 423 g/mol. The van der Waals surface area contributed by atoms with Crippen molar-refractivity contribution in [3.8, 4) is 0 Å². The van der Waals surface area contributed by atoms with Crippen molar-refractivity contribution in [2.45, 2.75) is 53.1 Å². The molecule has 1 aliphatic carbocycles. The number of halogens is 1. The number of pyridine rings is 1. The molecule has 2 aromatic carbocycles. The van der Waals surface area contributed by atoms with Crippen molar-refractivity contribution in [1.82, 2.24) is 9.88 Å². The average Bonchev–Trinajstić information content (AvgIpc) is 3.51. The van der Waals surface area contributed by atoms with Gasteiger partial charge in [0.2, 0.25) is 0 Å². The van der Waals surface area contributed by atoms with Crippen molar-refractivity contribution in [2.24, 2.45) is 0 Å². The number of hydrogen-bond acceptors (Lipinski definition) is 2. The normalized spacial score (nSPS) is 13.6. The summed E-state index contributed by atoms with van der Waals surface area (Å²) >= 11 is 12.4. The third-order valence-corrected chi connectivity index (χ3v) is 6.41. The van der Waals surface area contributed by atoms with Gasteiger partial charge in [0, 0.05) is 29.2 Å². The van der Waals surface area contributed by atoms with Gasteiger partial charge in [0.25, 0.3) is 0 Å². The third-order valence-electron chi connectivity index (χ3n) is 5.75. The van der Waals surface area contributed by atoms with Crippen LogP contribution in [0, 0.1) is 27.7 Å². The Hall–Kier alpha value is -2.17. The average molecular weight is 424 g/mol. The van der Waals surface area contributed by atoms with Crippen LogP contribution in [-0.2, 0) is 6.54 Å². The Balaban J connectivity index is 1.61. The number of thiocarbonyl (C=S) groups is 1. The predicted octanol–water partition coefficient (Wildman–Crippen LogP) is 6.48. The van der Waals surface area contributed by atoms with Gasteiger partial charge < -0.3 is 10.2 Å². The van der Waals surface area contributed by atoms with Crippen molar-refractivity contribution >= 4 is 45.5 Å². The molecule has 0 unspecified atom stereocenters. The Kier molecular flexibility index (Phi) is 5.50. The van der Waals surface area contributed by atoms with Crippen molar-refractivity contribution < 1.29 is 0 Å². The molecule has 1 heterocycles. The second-order valence-corrected chi connectivity index (χ2v) is 8.87. The number of anilines is 1. The topological polar surface area (TPSA) is 28.2 Å². The molecule has 3 nitrogen and oxygen atoms in total. The molecular weight excluding hydrogens is 398 g/mol. The highest BCUT2D eigenvalue weighted by Gasteiger charge is 2.31. The smallest absolute Gasteiger partial charge is 0.173 e. The molecule has 1 saturated carbocycles. The lowest BCUT2D eigenvalue weighted by atomic mass is 10.0. The zero-order valence-corrected chi connectivity index (χ0v) is 18.9. The molecule has 3 aromatic rings. The van der Waals surface area contributed by atoms with E-state index >= 15 is 0 Å². The molecule has 1 fully saturated rings. The molecule has 0 amide bonds. The molecule has 1 aromatic heterocycles. The standard InChI is InChI=1S/C24H26ClN3S/c1-14-5-10-21(16(3)11-14)26-24(29)28(20-8-9-20)13-19-12-18-7-6-15(2)17(4)22(18)27-23(19)25/h5-7,10-12,20H,8-9,13H2,1-4H3,(H,26,29). The number of nitrogens with one attached hydrogen (secondary N) is 1. The first-order valence-electron chi connectivity index (χ1n) is 10.0. The molecule has 0 saturated heterocycles. The summed E-state index contributed by atoms with van der Waals surface area (Å²) in [6.45, 7) is 9.07. The molecule has 5 heteroatoms. The largest absolute Gasteiger partial charge is 0.342 e. The van der Waals surface area contributed by atoms with Crippen molar-refractivity contribution in [3.63, 3.8) is 0 Å². The maximum Gasteiger partial charge on any atom is 0.173 e. The van der Waals surface area contributed by atoms with E-state index in [1.54, 1.807) is 0 Å². The fourth-order valence-electron chi connectivity index (χ4n) is 3.69. The summed E-state index contributed by atoms with van der Waals surface area (Å²) in [5.74, 6) is 0. The van der Waals surface area contributed by atoms with Crippen molar-refractivity contribution in [2.75, 3.05) is 5.32 Å². The van der Waals surface area contributed by atoms with E-state index in [4.69, 9.17) is 28.8 Å². The molecule has 0 aliphatic heterocycles. The number of benzene rings is 2. The van der Waals surface area contributed by atoms with Gasteiger partial charge in [0.15, 0.2) is 5.11 Å². The fourth-order valence-corrected chi connectivity index (χ4v) is 4.21. The summed E-state index contributed by atoms with van der Waals surface area (Å²) in [5.41, 5.74) is 7.90. The number of fused-ring (bicyclic) bond motifs is 1. The van der Waals surface area contributed by atoms with Gasteiger partial charge in [-0.2, -0.15) is 0 Å². The van der Waals surface area contributed by atoms with Crippen molar-refractivity contribution in [1.29, 1.82) is 0 Å². The molecule has 150 valence electrons. The molecule has 1 aliphatic rings. The van der Waals surface area contributed by atoms with Crippen LogP contribution in [0.3, 0.4) is 0 Å². The summed E-state index contributed by atoms with van der Waals surface area (Å²) in [4.78, 5) is 6.97. The van der Waals surface area contributed by atoms with Crippen LogP contribution in [0.5, 0.6) is 0 Å². The van der Waals surface area contributed by atoms with E-state index < -0.39 is 0 Å². The van der Waals surface area contributed by atoms with Crippen LogP contribution in [0.15, 0.2) is 36.4 Å². The second kappa shape index (κ2) is 7.92. The Labute approximate surface area is 183 Å². The van der Waals surface area contributed by atoms with Crippen LogP contribution in [0.2, 0.25) is 5.15 Å². The van der Waals surface area contributed by atoms with E-state index in [0.29, 0.717) is 17.7 Å². The van der Waals surface area contributed by atoms with Gasteiger partial charge in [0.1, 0.15) is 5.15 Å². The molecular formula is C24H26ClN3S. The molecule has 0 atom stereocenters. The highest BCUT2D eigenvalue weighted by molar-refractivity contribution is 7.80. The lowest BCUT2D eigenvalue weighted by molar-refractivity contribution is 0.409. The quantitative estimate of drug-likeness (QED) is 0.383. The second-order valence-electron chi connectivity index (χ2n) is 8.13. The summed E-state index contributed by atoms with van der Waals surface area (Å²) in [5, 5.41) is 5.88. The Morgan fingerprint density at radius 3 is 2.55 bits per heavy atom. The van der Waals surface area contributed by atoms with Crippen LogP contribution < -0.4 is 5.32 Å². The summed E-state index contributed by atoms with van der Waals surface area (Å²) in [6, 6.07) is 13.3. The number of aryl methyl sites for hydroxylation is 4. The Bertz CT molecular complexity index is 1100. The summed E-state index contributed by atoms with van der Waals surface area (Å²) in [6.07, 6.45) is 2.32. The molecule has 1 N–H and O–H groups in total. The van der Waals surface area contributed by atoms with Gasteiger partial charge in [-0.15, -0.1) is 0 Å². The highest BCUT2D eigenvalue weighted by Crippen LogP contribution is 2.32. The molecule has 4 rings (SSSR count). The highest BCUT2D eigenvalue weighted by atomic mass is 35.5. The van der Waals surface area contributed by atoms with Gasteiger partial charge in [0.05, 0.1) is 5.52 Å². The third kappa shape index (κ3) is 4.24. The van der Waals surface area contributed by atoms with E-state index in [1.807, 2.05) is 0 Å². The minimum atomic E-state index is 0.465. The number of aromatic nitrogens is 1. The summed E-state index contributed by atoms with van der Waals surface area (Å²) in [7, 11) is 0. The maximum atomic E-state index is 6.60.